The molecule has 2 aliphatic heterocycles. The number of imide groups is 1. The summed E-state index contributed by atoms with van der Waals surface area (Å²) in [6.45, 7) is 2.33. The predicted octanol–water partition coefficient (Wildman–Crippen LogP) is 6.02. The molecule has 6 nitrogen and oxygen atoms in total. The van der Waals surface area contributed by atoms with Crippen molar-refractivity contribution in [3.05, 3.63) is 108 Å². The van der Waals surface area contributed by atoms with E-state index in [1.807, 2.05) is 49.4 Å². The van der Waals surface area contributed by atoms with Gasteiger partial charge in [0.2, 0.25) is 11.8 Å². The van der Waals surface area contributed by atoms with Crippen LogP contribution in [0, 0.1) is 18.7 Å². The number of amides is 2. The minimum absolute atomic E-state index is 0.250. The zero-order valence-corrected chi connectivity index (χ0v) is 23.2. The number of aryl methyl sites for hydroxylation is 1. The first kappa shape index (κ1) is 25.1. The van der Waals surface area contributed by atoms with Gasteiger partial charge in [0.25, 0.3) is 0 Å². The number of aromatic amines is 1. The monoisotopic (exact) mass is 610 g/mol. The molecule has 6 rings (SSSR count). The predicted molar refractivity (Wildman–Crippen MR) is 148 cm³/mol. The summed E-state index contributed by atoms with van der Waals surface area (Å²) in [5.41, 5.74) is 3.16. The van der Waals surface area contributed by atoms with Crippen LogP contribution in [0.1, 0.15) is 27.5 Å². The van der Waals surface area contributed by atoms with Crippen molar-refractivity contribution >= 4 is 56.5 Å². The van der Waals surface area contributed by atoms with Crippen molar-refractivity contribution in [2.24, 2.45) is 5.92 Å². The lowest BCUT2D eigenvalue weighted by atomic mass is 9.82. The smallest absolute Gasteiger partial charge is 0.305 e. The fourth-order valence-corrected chi connectivity index (χ4v) is 7.82. The number of nitrogens with zero attached hydrogens (tertiary/aromatic N) is 1. The summed E-state index contributed by atoms with van der Waals surface area (Å²) in [4.78, 5) is 44.3. The Kier molecular flexibility index (Phi) is 6.49. The zero-order valence-electron chi connectivity index (χ0n) is 19.9. The van der Waals surface area contributed by atoms with Gasteiger partial charge >= 0.3 is 4.87 Å². The maximum Gasteiger partial charge on any atom is 0.305 e. The number of nitrogens with one attached hydrogen (secondary N) is 1. The van der Waals surface area contributed by atoms with Gasteiger partial charge in [-0.3, -0.25) is 14.4 Å². The zero-order chi connectivity index (χ0) is 26.6. The molecule has 1 N–H and O–H groups in total. The summed E-state index contributed by atoms with van der Waals surface area (Å²) >= 11 is 5.78. The molecular weight excluding hydrogens is 591 g/mol. The van der Waals surface area contributed by atoms with Crippen LogP contribution < -0.4 is 14.5 Å². The Morgan fingerprint density at radius 3 is 2.47 bits per heavy atom. The van der Waals surface area contributed by atoms with Gasteiger partial charge in [-0.15, -0.1) is 0 Å². The fourth-order valence-electron chi connectivity index (χ4n) is 4.94. The highest BCUT2D eigenvalue weighted by atomic mass is 79.9. The van der Waals surface area contributed by atoms with Gasteiger partial charge in [0.15, 0.2) is 0 Å². The second-order valence-electron chi connectivity index (χ2n) is 9.19. The van der Waals surface area contributed by atoms with Crippen molar-refractivity contribution in [2.75, 3.05) is 4.90 Å². The molecule has 2 amide bonds. The van der Waals surface area contributed by atoms with E-state index in [4.69, 9.17) is 4.74 Å². The summed E-state index contributed by atoms with van der Waals surface area (Å²) in [5, 5.41) is -0.169. The normalized spacial score (nSPS) is 20.4. The molecular formula is C28H20BrFN2O4S2. The lowest BCUT2D eigenvalue weighted by Crippen LogP contribution is -2.32. The Bertz CT molecular complexity index is 1620. The van der Waals surface area contributed by atoms with Gasteiger partial charge in [-0.2, -0.15) is 0 Å². The molecule has 4 aromatic rings. The Labute approximate surface area is 234 Å². The number of fused-ring (bicyclic) bond motifs is 2. The van der Waals surface area contributed by atoms with E-state index in [9.17, 15) is 18.8 Å². The number of thiazole rings is 1. The average molecular weight is 612 g/mol. The Morgan fingerprint density at radius 1 is 1.00 bits per heavy atom. The molecule has 0 aliphatic carbocycles. The molecule has 0 bridgehead atoms. The largest absolute Gasteiger partial charge is 0.489 e. The first-order valence-corrected chi connectivity index (χ1v) is 14.3. The van der Waals surface area contributed by atoms with Crippen molar-refractivity contribution in [1.82, 2.24) is 4.98 Å². The molecule has 0 spiro atoms. The van der Waals surface area contributed by atoms with E-state index in [1.54, 1.807) is 0 Å². The Balaban J connectivity index is 1.44. The first-order chi connectivity index (χ1) is 18.3. The van der Waals surface area contributed by atoms with Crippen LogP contribution in [0.3, 0.4) is 0 Å². The van der Waals surface area contributed by atoms with Crippen molar-refractivity contribution in [3.63, 3.8) is 0 Å². The molecule has 0 unspecified atom stereocenters. The van der Waals surface area contributed by atoms with E-state index in [2.05, 4.69) is 20.9 Å². The minimum atomic E-state index is -0.771. The quantitative estimate of drug-likeness (QED) is 0.279. The number of rotatable bonds is 5. The highest BCUT2D eigenvalue weighted by Gasteiger charge is 2.56. The number of carbonyl (C=O) groups is 2. The number of H-pyrrole nitrogens is 1. The molecule has 0 radical (unpaired) electrons. The lowest BCUT2D eigenvalue weighted by molar-refractivity contribution is -0.122. The van der Waals surface area contributed by atoms with Crippen molar-refractivity contribution in [2.45, 2.75) is 29.7 Å². The average Bonchev–Trinajstić information content (AvgIpc) is 3.39. The third-order valence-corrected chi connectivity index (χ3v) is 9.62. The van der Waals surface area contributed by atoms with Gasteiger partial charge in [0.05, 0.1) is 16.6 Å². The third-order valence-electron chi connectivity index (χ3n) is 6.73. The third kappa shape index (κ3) is 4.40. The summed E-state index contributed by atoms with van der Waals surface area (Å²) in [6, 6.07) is 18.9. The highest BCUT2D eigenvalue weighted by molar-refractivity contribution is 9.10. The van der Waals surface area contributed by atoms with E-state index in [1.165, 1.54) is 36.0 Å². The second-order valence-corrected chi connectivity index (χ2v) is 12.3. The van der Waals surface area contributed by atoms with E-state index in [0.29, 0.717) is 33.5 Å². The number of aromatic nitrogens is 1. The molecule has 3 aromatic carbocycles. The van der Waals surface area contributed by atoms with Gasteiger partial charge in [-0.25, -0.2) is 9.29 Å². The summed E-state index contributed by atoms with van der Waals surface area (Å²) in [6.07, 6.45) is 0. The van der Waals surface area contributed by atoms with Crippen LogP contribution in [-0.2, 0) is 16.2 Å². The van der Waals surface area contributed by atoms with Crippen LogP contribution in [0.4, 0.5) is 10.1 Å². The standard InChI is InChI=1S/C28H20BrFN2O4S2/c1-14-2-4-15(5-3-14)13-36-20-11-6-16(29)12-19(20)21-22-24(37-25-23(21)38-28(35)31-25)27(34)32(26(22)33)18-9-7-17(30)8-10-18/h2-12,21-22,24H,13H2,1H3,(H,31,35)/t21-,22-,24+/m0/s1. The van der Waals surface area contributed by atoms with Crippen LogP contribution in [0.5, 0.6) is 5.75 Å². The van der Waals surface area contributed by atoms with Gasteiger partial charge in [-0.1, -0.05) is 68.9 Å². The molecule has 1 fully saturated rings. The topological polar surface area (TPSA) is 79.5 Å². The van der Waals surface area contributed by atoms with Crippen molar-refractivity contribution in [1.29, 1.82) is 0 Å². The Hall–Kier alpha value is -3.21. The second kappa shape index (κ2) is 9.83. The fraction of sp³-hybridized carbons (Fsp3) is 0.179. The first-order valence-electron chi connectivity index (χ1n) is 11.8. The lowest BCUT2D eigenvalue weighted by Gasteiger charge is -2.31. The SMILES string of the molecule is Cc1ccc(COc2ccc(Br)cc2[C@@H]2c3sc(=O)[nH]c3S[C@H]3C(=O)N(c4ccc(F)cc4)C(=O)[C@@H]23)cc1. The number of benzene rings is 3. The number of ether oxygens (including phenoxy) is 1. The Morgan fingerprint density at radius 2 is 1.74 bits per heavy atom. The number of carbonyl (C=O) groups excluding carboxylic acids is 2. The van der Waals surface area contributed by atoms with Gasteiger partial charge < -0.3 is 9.72 Å². The molecule has 3 atom stereocenters. The molecule has 1 saturated heterocycles. The van der Waals surface area contributed by atoms with Crippen LogP contribution >= 0.6 is 39.0 Å². The van der Waals surface area contributed by atoms with Crippen LogP contribution in [0.2, 0.25) is 0 Å². The van der Waals surface area contributed by atoms with Crippen LogP contribution in [0.25, 0.3) is 0 Å². The molecule has 2 aliphatic rings. The summed E-state index contributed by atoms with van der Waals surface area (Å²) < 4.78 is 20.6. The molecule has 192 valence electrons. The number of thioether (sulfide) groups is 1. The maximum absolute atomic E-state index is 13.9. The maximum atomic E-state index is 13.9. The van der Waals surface area contributed by atoms with E-state index >= 15 is 0 Å². The molecule has 3 heterocycles. The summed E-state index contributed by atoms with van der Waals surface area (Å²) in [7, 11) is 0. The summed E-state index contributed by atoms with van der Waals surface area (Å²) in [5.74, 6) is -2.03. The van der Waals surface area contributed by atoms with Crippen LogP contribution in [0.15, 0.2) is 81.0 Å². The van der Waals surface area contributed by atoms with Gasteiger partial charge in [0.1, 0.15) is 23.4 Å². The van der Waals surface area contributed by atoms with E-state index < -0.39 is 28.8 Å². The number of halogens is 2. The van der Waals surface area contributed by atoms with Gasteiger partial charge in [0, 0.05) is 20.8 Å². The number of hydrogen-bond acceptors (Lipinski definition) is 6. The van der Waals surface area contributed by atoms with E-state index in [0.717, 1.165) is 31.8 Å². The molecule has 1 aromatic heterocycles. The van der Waals surface area contributed by atoms with E-state index in [-0.39, 0.29) is 10.8 Å². The van der Waals surface area contributed by atoms with Gasteiger partial charge in [-0.05, 0) is 55.0 Å². The minimum Gasteiger partial charge on any atom is -0.489 e. The van der Waals surface area contributed by atoms with Crippen molar-refractivity contribution < 1.29 is 18.7 Å². The molecule has 0 saturated carbocycles. The number of hydrogen-bond donors (Lipinski definition) is 1. The van der Waals surface area contributed by atoms with Crippen LogP contribution in [-0.4, -0.2) is 22.0 Å². The molecule has 38 heavy (non-hydrogen) atoms. The highest BCUT2D eigenvalue weighted by Crippen LogP contribution is 2.54. The van der Waals surface area contributed by atoms with Crippen molar-refractivity contribution in [3.8, 4) is 5.75 Å². The number of anilines is 1. The molecule has 10 heteroatoms.